The molecule has 0 saturated heterocycles. The largest absolute Gasteiger partial charge is 0.378 e. The molecule has 1 heterocycles. The molecule has 0 amide bonds. The number of anilines is 1. The van der Waals surface area contributed by atoms with Crippen molar-refractivity contribution in [2.24, 2.45) is 4.99 Å². The second-order valence-electron chi connectivity index (χ2n) is 7.62. The van der Waals surface area contributed by atoms with E-state index in [0.717, 1.165) is 22.2 Å². The molecule has 1 N–H and O–H groups in total. The number of benzene rings is 2. The Kier molecular flexibility index (Phi) is 4.64. The van der Waals surface area contributed by atoms with Crippen molar-refractivity contribution in [3.63, 3.8) is 0 Å². The van der Waals surface area contributed by atoms with E-state index >= 15 is 0 Å². The quantitative estimate of drug-likeness (QED) is 0.565. The molecule has 1 aliphatic heterocycles. The van der Waals surface area contributed by atoms with Gasteiger partial charge in [-0.05, 0) is 78.6 Å². The van der Waals surface area contributed by atoms with Gasteiger partial charge in [0.2, 0.25) is 0 Å². The van der Waals surface area contributed by atoms with Crippen molar-refractivity contribution in [3.8, 4) is 0 Å². The number of fused-ring (bicyclic) bond motifs is 2. The molecule has 2 nitrogen and oxygen atoms in total. The summed E-state index contributed by atoms with van der Waals surface area (Å²) in [5.74, 6) is -0.179. The Hall–Kier alpha value is -1.68. The molecule has 1 saturated carbocycles. The lowest BCUT2D eigenvalue weighted by Gasteiger charge is -2.42. The highest BCUT2D eigenvalue weighted by Crippen LogP contribution is 2.53. The third kappa shape index (κ3) is 2.98. The van der Waals surface area contributed by atoms with E-state index in [4.69, 9.17) is 0 Å². The average Bonchev–Trinajstić information content (AvgIpc) is 3.11. The Balaban J connectivity index is 1.81. The first kappa shape index (κ1) is 17.7. The number of rotatable bonds is 2. The second-order valence-corrected chi connectivity index (χ2v) is 8.48. The van der Waals surface area contributed by atoms with Crippen LogP contribution in [-0.2, 0) is 5.41 Å². The maximum absolute atomic E-state index is 13.9. The molecular weight excluding hydrogens is 391 g/mol. The molecule has 0 aromatic heterocycles. The number of nitrogens with zero attached hydrogens (tertiary/aromatic N) is 1. The summed E-state index contributed by atoms with van der Waals surface area (Å²) in [5, 5.41) is 3.68. The molecule has 0 radical (unpaired) electrons. The van der Waals surface area contributed by atoms with Crippen LogP contribution in [0, 0.1) is 5.82 Å². The molecule has 26 heavy (non-hydrogen) atoms. The number of hydrogen-bond acceptors (Lipinski definition) is 2. The minimum Gasteiger partial charge on any atom is -0.378 e. The summed E-state index contributed by atoms with van der Waals surface area (Å²) in [6.45, 7) is 2.06. The highest BCUT2D eigenvalue weighted by atomic mass is 79.9. The zero-order valence-electron chi connectivity index (χ0n) is 15.3. The average molecular weight is 415 g/mol. The van der Waals surface area contributed by atoms with Crippen molar-refractivity contribution >= 4 is 27.3 Å². The standard InChI is InChI=1S/C22H24BrFN2/c1-14(25-2)15-5-8-20-18(11-15)22(9-3-4-10-22)13-21(26-20)17-12-16(24)6-7-19(17)23/h5-8,11-12,21,26H,3-4,9-10,13H2,1-2H3. The monoisotopic (exact) mass is 414 g/mol. The van der Waals surface area contributed by atoms with Gasteiger partial charge in [-0.15, -0.1) is 0 Å². The summed E-state index contributed by atoms with van der Waals surface area (Å²) >= 11 is 3.62. The maximum atomic E-state index is 13.9. The molecule has 136 valence electrons. The Labute approximate surface area is 163 Å². The summed E-state index contributed by atoms with van der Waals surface area (Å²) < 4.78 is 14.9. The molecule has 2 aliphatic rings. The van der Waals surface area contributed by atoms with Crippen molar-refractivity contribution < 1.29 is 4.39 Å². The van der Waals surface area contributed by atoms with Crippen LogP contribution in [0.2, 0.25) is 0 Å². The van der Waals surface area contributed by atoms with E-state index in [1.54, 1.807) is 6.07 Å². The summed E-state index contributed by atoms with van der Waals surface area (Å²) in [4.78, 5) is 4.35. The number of nitrogens with one attached hydrogen (secondary N) is 1. The van der Waals surface area contributed by atoms with E-state index in [9.17, 15) is 4.39 Å². The Bertz CT molecular complexity index is 868. The minimum absolute atomic E-state index is 0.123. The van der Waals surface area contributed by atoms with Gasteiger partial charge in [0.25, 0.3) is 0 Å². The van der Waals surface area contributed by atoms with Gasteiger partial charge in [0.05, 0.1) is 6.04 Å². The SMILES string of the molecule is CN=C(C)c1ccc2c(c1)C1(CCCC1)CC(c1cc(F)ccc1Br)N2. The second kappa shape index (κ2) is 6.80. The molecule has 1 unspecified atom stereocenters. The van der Waals surface area contributed by atoms with Crippen molar-refractivity contribution in [2.45, 2.75) is 50.5 Å². The minimum atomic E-state index is -0.179. The van der Waals surface area contributed by atoms with Crippen LogP contribution < -0.4 is 5.32 Å². The van der Waals surface area contributed by atoms with Gasteiger partial charge in [0, 0.05) is 22.9 Å². The van der Waals surface area contributed by atoms with Crippen LogP contribution in [-0.4, -0.2) is 12.8 Å². The summed E-state index contributed by atoms with van der Waals surface area (Å²) in [6, 6.07) is 11.8. The molecule has 1 fully saturated rings. The molecule has 4 heteroatoms. The van der Waals surface area contributed by atoms with Crippen LogP contribution in [0.25, 0.3) is 0 Å². The fraction of sp³-hybridized carbons (Fsp3) is 0.409. The Morgan fingerprint density at radius 1 is 1.19 bits per heavy atom. The molecule has 4 rings (SSSR count). The van der Waals surface area contributed by atoms with Crippen molar-refractivity contribution in [2.75, 3.05) is 12.4 Å². The van der Waals surface area contributed by atoms with E-state index < -0.39 is 0 Å². The lowest BCUT2D eigenvalue weighted by molar-refractivity contribution is 0.365. The van der Waals surface area contributed by atoms with Gasteiger partial charge >= 0.3 is 0 Å². The van der Waals surface area contributed by atoms with Gasteiger partial charge < -0.3 is 5.32 Å². The van der Waals surface area contributed by atoms with Crippen molar-refractivity contribution in [1.29, 1.82) is 0 Å². The molecule has 1 aliphatic carbocycles. The van der Waals surface area contributed by atoms with Gasteiger partial charge in [0.1, 0.15) is 5.82 Å². The lowest BCUT2D eigenvalue weighted by Crippen LogP contribution is -2.34. The van der Waals surface area contributed by atoms with Crippen LogP contribution >= 0.6 is 15.9 Å². The van der Waals surface area contributed by atoms with Crippen molar-refractivity contribution in [1.82, 2.24) is 0 Å². The zero-order chi connectivity index (χ0) is 18.3. The topological polar surface area (TPSA) is 24.4 Å². The van der Waals surface area contributed by atoms with E-state index in [1.807, 2.05) is 13.1 Å². The van der Waals surface area contributed by atoms with E-state index in [-0.39, 0.29) is 17.3 Å². The molecule has 2 aromatic rings. The number of hydrogen-bond donors (Lipinski definition) is 1. The predicted molar refractivity (Wildman–Crippen MR) is 110 cm³/mol. The third-order valence-corrected chi connectivity index (χ3v) is 6.88. The molecule has 2 aromatic carbocycles. The first-order valence-electron chi connectivity index (χ1n) is 9.32. The number of aliphatic imine (C=N–C) groups is 1. The van der Waals surface area contributed by atoms with Gasteiger partial charge in [-0.3, -0.25) is 4.99 Å². The van der Waals surface area contributed by atoms with E-state index in [0.29, 0.717) is 0 Å². The summed E-state index contributed by atoms with van der Waals surface area (Å²) in [5.41, 5.74) is 6.06. The molecule has 1 atom stereocenters. The van der Waals surface area contributed by atoms with Crippen LogP contribution in [0.4, 0.5) is 10.1 Å². The highest BCUT2D eigenvalue weighted by molar-refractivity contribution is 9.10. The third-order valence-electron chi connectivity index (χ3n) is 6.16. The van der Waals surface area contributed by atoms with Crippen LogP contribution in [0.1, 0.15) is 61.8 Å². The van der Waals surface area contributed by atoms with Crippen molar-refractivity contribution in [3.05, 3.63) is 63.4 Å². The van der Waals surface area contributed by atoms with Crippen LogP contribution in [0.3, 0.4) is 0 Å². The van der Waals surface area contributed by atoms with Gasteiger partial charge in [-0.1, -0.05) is 34.8 Å². The Morgan fingerprint density at radius 2 is 1.96 bits per heavy atom. The van der Waals surface area contributed by atoms with Gasteiger partial charge in [-0.25, -0.2) is 4.39 Å². The van der Waals surface area contributed by atoms with Gasteiger partial charge in [-0.2, -0.15) is 0 Å². The van der Waals surface area contributed by atoms with Crippen LogP contribution in [0.15, 0.2) is 45.9 Å². The summed E-state index contributed by atoms with van der Waals surface area (Å²) in [7, 11) is 1.84. The van der Waals surface area contributed by atoms with Crippen LogP contribution in [0.5, 0.6) is 0 Å². The first-order chi connectivity index (χ1) is 12.5. The summed E-state index contributed by atoms with van der Waals surface area (Å²) in [6.07, 6.45) is 5.95. The van der Waals surface area contributed by atoms with E-state index in [2.05, 4.69) is 51.4 Å². The maximum Gasteiger partial charge on any atom is 0.123 e. The van der Waals surface area contributed by atoms with E-state index in [1.165, 1.54) is 48.6 Å². The fourth-order valence-electron chi connectivity index (χ4n) is 4.70. The molecule has 0 bridgehead atoms. The normalized spacial score (nSPS) is 21.5. The molecule has 1 spiro atoms. The zero-order valence-corrected chi connectivity index (χ0v) is 16.9. The first-order valence-corrected chi connectivity index (χ1v) is 10.1. The number of halogens is 2. The molecular formula is C22H24BrFN2. The lowest BCUT2D eigenvalue weighted by atomic mass is 9.69. The predicted octanol–water partition coefficient (Wildman–Crippen LogP) is 6.40. The Morgan fingerprint density at radius 3 is 2.69 bits per heavy atom. The smallest absolute Gasteiger partial charge is 0.123 e. The highest BCUT2D eigenvalue weighted by Gasteiger charge is 2.43. The van der Waals surface area contributed by atoms with Gasteiger partial charge in [0.15, 0.2) is 0 Å². The fourth-order valence-corrected chi connectivity index (χ4v) is 5.22.